The van der Waals surface area contributed by atoms with Crippen LogP contribution >= 0.6 is 0 Å². The van der Waals surface area contributed by atoms with Gasteiger partial charge < -0.3 is 15.8 Å². The van der Waals surface area contributed by atoms with Gasteiger partial charge in [0, 0.05) is 19.2 Å². The maximum absolute atomic E-state index is 11.3. The molecule has 0 bridgehead atoms. The van der Waals surface area contributed by atoms with E-state index in [0.29, 0.717) is 24.7 Å². The molecule has 1 aliphatic rings. The largest absolute Gasteiger partial charge is 0.376 e. The van der Waals surface area contributed by atoms with Crippen molar-refractivity contribution in [2.45, 2.75) is 58.3 Å². The van der Waals surface area contributed by atoms with Gasteiger partial charge in [-0.15, -0.1) is 0 Å². The summed E-state index contributed by atoms with van der Waals surface area (Å²) in [4.78, 5) is 10.9. The van der Waals surface area contributed by atoms with Crippen molar-refractivity contribution in [1.82, 2.24) is 9.78 Å². The summed E-state index contributed by atoms with van der Waals surface area (Å²) in [5, 5.41) is 18.7. The summed E-state index contributed by atoms with van der Waals surface area (Å²) in [6, 6.07) is -0.179. The Morgan fingerprint density at radius 3 is 2.81 bits per heavy atom. The highest BCUT2D eigenvalue weighted by Crippen LogP contribution is 2.33. The highest BCUT2D eigenvalue weighted by atomic mass is 16.6. The number of nitrogens with zero attached hydrogens (tertiary/aromatic N) is 3. The lowest BCUT2D eigenvalue weighted by Gasteiger charge is -2.42. The van der Waals surface area contributed by atoms with Crippen LogP contribution in [0.25, 0.3) is 0 Å². The van der Waals surface area contributed by atoms with E-state index in [4.69, 9.17) is 10.5 Å². The van der Waals surface area contributed by atoms with Crippen LogP contribution in [0.1, 0.15) is 32.4 Å². The van der Waals surface area contributed by atoms with Gasteiger partial charge in [-0.1, -0.05) is 6.92 Å². The lowest BCUT2D eigenvalue weighted by Crippen LogP contribution is -2.60. The zero-order chi connectivity index (χ0) is 15.6. The topological polar surface area (TPSA) is 108 Å². The summed E-state index contributed by atoms with van der Waals surface area (Å²) in [7, 11) is 0. The first-order valence-electron chi connectivity index (χ1n) is 7.35. The van der Waals surface area contributed by atoms with Gasteiger partial charge in [-0.3, -0.25) is 10.1 Å². The quantitative estimate of drug-likeness (QED) is 0.582. The first-order valence-corrected chi connectivity index (χ1v) is 7.35. The fourth-order valence-corrected chi connectivity index (χ4v) is 2.69. The van der Waals surface area contributed by atoms with E-state index in [1.807, 2.05) is 13.8 Å². The van der Waals surface area contributed by atoms with Gasteiger partial charge in [0.2, 0.25) is 5.82 Å². The molecule has 3 N–H and O–H groups in total. The Hall–Kier alpha value is -1.67. The van der Waals surface area contributed by atoms with Crippen LogP contribution in [0.5, 0.6) is 0 Å². The van der Waals surface area contributed by atoms with Crippen LogP contribution < -0.4 is 11.1 Å². The lowest BCUT2D eigenvalue weighted by atomic mass is 9.83. The number of nitrogens with two attached hydrogens (primary N) is 1. The lowest BCUT2D eigenvalue weighted by molar-refractivity contribution is -0.384. The van der Waals surface area contributed by atoms with E-state index in [1.165, 1.54) is 0 Å². The fourth-order valence-electron chi connectivity index (χ4n) is 2.69. The van der Waals surface area contributed by atoms with Gasteiger partial charge in [-0.25, -0.2) is 4.68 Å². The van der Waals surface area contributed by atoms with E-state index in [2.05, 4.69) is 10.4 Å². The van der Waals surface area contributed by atoms with Crippen molar-refractivity contribution < 1.29 is 9.66 Å². The molecule has 0 spiro atoms. The molecule has 1 saturated carbocycles. The molecule has 1 aliphatic carbocycles. The van der Waals surface area contributed by atoms with E-state index in [0.717, 1.165) is 12.8 Å². The van der Waals surface area contributed by atoms with E-state index in [9.17, 15) is 10.1 Å². The van der Waals surface area contributed by atoms with E-state index < -0.39 is 4.92 Å². The van der Waals surface area contributed by atoms with Crippen LogP contribution in [0.4, 0.5) is 11.5 Å². The monoisotopic (exact) mass is 297 g/mol. The third-order valence-corrected chi connectivity index (χ3v) is 3.76. The van der Waals surface area contributed by atoms with Gasteiger partial charge >= 0.3 is 5.69 Å². The molecule has 2 rings (SSSR count). The second kappa shape index (κ2) is 6.40. The Morgan fingerprint density at radius 1 is 1.57 bits per heavy atom. The van der Waals surface area contributed by atoms with Crippen molar-refractivity contribution in [1.29, 1.82) is 0 Å². The predicted octanol–water partition coefficient (Wildman–Crippen LogP) is 1.43. The number of hydrogen-bond acceptors (Lipinski definition) is 6. The molecular weight excluding hydrogens is 274 g/mol. The average Bonchev–Trinajstić information content (AvgIpc) is 2.72. The number of nitro groups is 1. The summed E-state index contributed by atoms with van der Waals surface area (Å²) in [6.07, 6.45) is 1.61. The molecule has 0 aliphatic heterocycles. The standard InChI is InChI=1S/C13H23N5O3/c1-4-6-17-13(12(18(19)20)8(3)16-17)15-11-9(14)7-10(11)21-5-2/h9-11,15H,4-7,14H2,1-3H3. The van der Waals surface area contributed by atoms with Gasteiger partial charge in [0.1, 0.15) is 5.69 Å². The second-order valence-corrected chi connectivity index (χ2v) is 5.33. The second-order valence-electron chi connectivity index (χ2n) is 5.33. The number of aryl methyl sites for hydroxylation is 2. The fraction of sp³-hybridized carbons (Fsp3) is 0.769. The first-order chi connectivity index (χ1) is 9.99. The van der Waals surface area contributed by atoms with Gasteiger partial charge in [-0.2, -0.15) is 5.10 Å². The Balaban J connectivity index is 2.26. The summed E-state index contributed by atoms with van der Waals surface area (Å²) >= 11 is 0. The molecule has 3 atom stereocenters. The third-order valence-electron chi connectivity index (χ3n) is 3.76. The van der Waals surface area contributed by atoms with E-state index in [1.54, 1.807) is 11.6 Å². The zero-order valence-electron chi connectivity index (χ0n) is 12.7. The normalized spacial score (nSPS) is 24.7. The molecule has 8 heteroatoms. The Labute approximate surface area is 123 Å². The van der Waals surface area contributed by atoms with Crippen molar-refractivity contribution in [2.24, 2.45) is 5.73 Å². The number of aromatic nitrogens is 2. The molecule has 0 amide bonds. The Morgan fingerprint density at radius 2 is 2.29 bits per heavy atom. The highest BCUT2D eigenvalue weighted by molar-refractivity contribution is 5.60. The van der Waals surface area contributed by atoms with Crippen molar-refractivity contribution in [3.05, 3.63) is 15.8 Å². The number of ether oxygens (including phenoxy) is 1. The molecule has 1 aromatic heterocycles. The van der Waals surface area contributed by atoms with Gasteiger partial charge in [0.15, 0.2) is 0 Å². The highest BCUT2D eigenvalue weighted by Gasteiger charge is 2.41. The van der Waals surface area contributed by atoms with Crippen LogP contribution in [0.15, 0.2) is 0 Å². The van der Waals surface area contributed by atoms with Gasteiger partial charge in [0.25, 0.3) is 0 Å². The minimum atomic E-state index is -0.392. The number of nitrogens with one attached hydrogen (secondary N) is 1. The average molecular weight is 297 g/mol. The maximum atomic E-state index is 11.3. The molecule has 1 fully saturated rings. The van der Waals surface area contributed by atoms with Crippen LogP contribution in [0.2, 0.25) is 0 Å². The minimum absolute atomic E-state index is 0.00473. The Kier molecular flexibility index (Phi) is 4.79. The van der Waals surface area contributed by atoms with E-state index in [-0.39, 0.29) is 23.9 Å². The van der Waals surface area contributed by atoms with Crippen LogP contribution in [0, 0.1) is 17.0 Å². The Bertz CT molecular complexity index is 514. The molecule has 1 aromatic rings. The predicted molar refractivity (Wildman–Crippen MR) is 79.3 cm³/mol. The van der Waals surface area contributed by atoms with Crippen molar-refractivity contribution in [2.75, 3.05) is 11.9 Å². The maximum Gasteiger partial charge on any atom is 0.333 e. The molecule has 0 aromatic carbocycles. The SMILES string of the molecule is CCCn1nc(C)c([N+](=O)[O-])c1NC1C(N)CC1OCC. The summed E-state index contributed by atoms with van der Waals surface area (Å²) in [6.45, 7) is 6.80. The summed E-state index contributed by atoms with van der Waals surface area (Å²) < 4.78 is 7.25. The zero-order valence-corrected chi connectivity index (χ0v) is 12.7. The molecule has 1 heterocycles. The number of hydrogen-bond donors (Lipinski definition) is 2. The molecule has 0 radical (unpaired) electrons. The van der Waals surface area contributed by atoms with Crippen LogP contribution in [-0.2, 0) is 11.3 Å². The molecular formula is C13H23N5O3. The van der Waals surface area contributed by atoms with Crippen molar-refractivity contribution in [3.63, 3.8) is 0 Å². The van der Waals surface area contributed by atoms with Gasteiger partial charge in [-0.05, 0) is 26.7 Å². The minimum Gasteiger partial charge on any atom is -0.376 e. The van der Waals surface area contributed by atoms with Crippen molar-refractivity contribution in [3.8, 4) is 0 Å². The smallest absolute Gasteiger partial charge is 0.333 e. The van der Waals surface area contributed by atoms with E-state index >= 15 is 0 Å². The third kappa shape index (κ3) is 3.01. The van der Waals surface area contributed by atoms with Gasteiger partial charge in [0.05, 0.1) is 17.1 Å². The van der Waals surface area contributed by atoms with Crippen LogP contribution in [-0.4, -0.2) is 39.5 Å². The molecule has 0 saturated heterocycles. The summed E-state index contributed by atoms with van der Waals surface area (Å²) in [5.74, 6) is 0.434. The molecule has 3 unspecified atom stereocenters. The number of anilines is 1. The first kappa shape index (κ1) is 15.7. The molecule has 21 heavy (non-hydrogen) atoms. The molecule has 118 valence electrons. The molecule has 8 nitrogen and oxygen atoms in total. The van der Waals surface area contributed by atoms with Crippen LogP contribution in [0.3, 0.4) is 0 Å². The summed E-state index contributed by atoms with van der Waals surface area (Å²) in [5.41, 5.74) is 6.45. The van der Waals surface area contributed by atoms with Crippen molar-refractivity contribution >= 4 is 11.5 Å². The number of rotatable bonds is 7.